The minimum Gasteiger partial charge on any atom is -0.493 e. The lowest BCUT2D eigenvalue weighted by Gasteiger charge is -2.14. The second kappa shape index (κ2) is 7.64. The van der Waals surface area contributed by atoms with E-state index >= 15 is 0 Å². The van der Waals surface area contributed by atoms with Crippen molar-refractivity contribution >= 4 is 22.9 Å². The minimum absolute atomic E-state index is 0.386. The van der Waals surface area contributed by atoms with Gasteiger partial charge in [0, 0.05) is 24.2 Å². The summed E-state index contributed by atoms with van der Waals surface area (Å²) in [6, 6.07) is 4.25. The summed E-state index contributed by atoms with van der Waals surface area (Å²) < 4.78 is 11.1. The van der Waals surface area contributed by atoms with Crippen LogP contribution in [0.2, 0.25) is 5.02 Å². The highest BCUT2D eigenvalue weighted by Crippen LogP contribution is 2.37. The number of ether oxygens (including phenoxy) is 2. The molecule has 114 valence electrons. The van der Waals surface area contributed by atoms with E-state index in [2.05, 4.69) is 24.1 Å². The highest BCUT2D eigenvalue weighted by Gasteiger charge is 2.13. The van der Waals surface area contributed by atoms with E-state index in [0.29, 0.717) is 29.2 Å². The zero-order valence-corrected chi connectivity index (χ0v) is 13.9. The molecule has 0 aliphatic rings. The van der Waals surface area contributed by atoms with Crippen molar-refractivity contribution in [3.8, 4) is 11.5 Å². The number of nitrogens with zero attached hydrogens (tertiary/aromatic N) is 1. The maximum Gasteiger partial charge on any atom is 0.180 e. The van der Waals surface area contributed by atoms with Crippen LogP contribution >= 0.6 is 22.9 Å². The number of halogens is 1. The van der Waals surface area contributed by atoms with E-state index in [1.165, 1.54) is 0 Å². The van der Waals surface area contributed by atoms with E-state index in [1.807, 2.05) is 17.5 Å². The average molecular weight is 327 g/mol. The lowest BCUT2D eigenvalue weighted by atomic mass is 10.2. The topological polar surface area (TPSA) is 43.4 Å². The van der Waals surface area contributed by atoms with Gasteiger partial charge in [0.05, 0.1) is 12.1 Å². The number of hydrogen-bond acceptors (Lipinski definition) is 5. The molecule has 0 spiro atoms. The van der Waals surface area contributed by atoms with Crippen molar-refractivity contribution in [1.82, 2.24) is 10.3 Å². The van der Waals surface area contributed by atoms with Crippen LogP contribution < -0.4 is 14.8 Å². The second-order valence-corrected chi connectivity index (χ2v) is 6.25. The molecule has 2 rings (SSSR count). The maximum absolute atomic E-state index is 6.32. The molecule has 21 heavy (non-hydrogen) atoms. The molecule has 1 aromatic carbocycles. The summed E-state index contributed by atoms with van der Waals surface area (Å²) in [5.74, 6) is 1.20. The van der Waals surface area contributed by atoms with Crippen molar-refractivity contribution in [2.75, 3.05) is 7.11 Å². The number of benzene rings is 1. The van der Waals surface area contributed by atoms with Gasteiger partial charge in [-0.05, 0) is 17.7 Å². The largest absolute Gasteiger partial charge is 0.493 e. The molecule has 0 unspecified atom stereocenters. The van der Waals surface area contributed by atoms with Gasteiger partial charge >= 0.3 is 0 Å². The molecule has 0 atom stereocenters. The van der Waals surface area contributed by atoms with Gasteiger partial charge in [0.15, 0.2) is 11.5 Å². The number of aromatic nitrogens is 1. The second-order valence-electron chi connectivity index (χ2n) is 4.86. The first kappa shape index (κ1) is 16.1. The SMILES string of the molecule is COc1cc(CNC(C)C)cc(Cl)c1OCc1nccs1. The Hall–Kier alpha value is -1.30. The maximum atomic E-state index is 6.32. The fraction of sp³-hybridized carbons (Fsp3) is 0.400. The molecule has 1 N–H and O–H groups in total. The van der Waals surface area contributed by atoms with E-state index in [9.17, 15) is 0 Å². The Bertz CT molecular complexity index is 573. The molecule has 0 bridgehead atoms. The Balaban J connectivity index is 2.12. The summed E-state index contributed by atoms with van der Waals surface area (Å²) >= 11 is 7.86. The van der Waals surface area contributed by atoms with Crippen LogP contribution in [0.3, 0.4) is 0 Å². The van der Waals surface area contributed by atoms with Crippen molar-refractivity contribution in [3.05, 3.63) is 39.3 Å². The van der Waals surface area contributed by atoms with E-state index < -0.39 is 0 Å². The first-order valence-electron chi connectivity index (χ1n) is 6.71. The van der Waals surface area contributed by atoms with Gasteiger partial charge in [0.2, 0.25) is 0 Å². The van der Waals surface area contributed by atoms with Crippen LogP contribution in [0, 0.1) is 0 Å². The van der Waals surface area contributed by atoms with Crippen LogP contribution in [0.15, 0.2) is 23.7 Å². The number of rotatable bonds is 7. The first-order valence-corrected chi connectivity index (χ1v) is 7.97. The van der Waals surface area contributed by atoms with Crippen LogP contribution in [0.5, 0.6) is 11.5 Å². The van der Waals surface area contributed by atoms with E-state index in [0.717, 1.165) is 17.1 Å². The van der Waals surface area contributed by atoms with Gasteiger partial charge in [-0.1, -0.05) is 25.4 Å². The highest BCUT2D eigenvalue weighted by atomic mass is 35.5. The first-order chi connectivity index (χ1) is 10.1. The predicted molar refractivity (Wildman–Crippen MR) is 86.4 cm³/mol. The molecule has 1 aromatic heterocycles. The zero-order valence-electron chi connectivity index (χ0n) is 12.4. The Labute approximate surface area is 134 Å². The van der Waals surface area contributed by atoms with Gasteiger partial charge in [-0.2, -0.15) is 0 Å². The number of methoxy groups -OCH3 is 1. The molecule has 0 amide bonds. The van der Waals surface area contributed by atoms with Crippen LogP contribution in [0.4, 0.5) is 0 Å². The molecule has 0 saturated carbocycles. The lowest BCUT2D eigenvalue weighted by Crippen LogP contribution is -2.21. The predicted octanol–water partition coefficient (Wildman–Crippen LogP) is 3.88. The Morgan fingerprint density at radius 2 is 2.19 bits per heavy atom. The van der Waals surface area contributed by atoms with Crippen LogP contribution in [-0.4, -0.2) is 18.1 Å². The van der Waals surface area contributed by atoms with Crippen molar-refractivity contribution in [2.45, 2.75) is 33.0 Å². The third kappa shape index (κ3) is 4.59. The van der Waals surface area contributed by atoms with Crippen LogP contribution in [0.1, 0.15) is 24.4 Å². The molecule has 2 aromatic rings. The van der Waals surface area contributed by atoms with Gasteiger partial charge < -0.3 is 14.8 Å². The molecule has 4 nitrogen and oxygen atoms in total. The van der Waals surface area contributed by atoms with E-state index in [4.69, 9.17) is 21.1 Å². The third-order valence-corrected chi connectivity index (χ3v) is 3.86. The fourth-order valence-electron chi connectivity index (χ4n) is 1.80. The van der Waals surface area contributed by atoms with Gasteiger partial charge in [-0.25, -0.2) is 4.98 Å². The van der Waals surface area contributed by atoms with Crippen LogP contribution in [0.25, 0.3) is 0 Å². The fourth-order valence-corrected chi connectivity index (χ4v) is 2.61. The molecule has 0 aliphatic carbocycles. The van der Waals surface area contributed by atoms with E-state index in [1.54, 1.807) is 24.6 Å². The zero-order chi connectivity index (χ0) is 15.2. The molecular weight excluding hydrogens is 308 g/mol. The summed E-state index contributed by atoms with van der Waals surface area (Å²) in [7, 11) is 1.61. The Morgan fingerprint density at radius 1 is 1.38 bits per heavy atom. The van der Waals surface area contributed by atoms with Crippen molar-refractivity contribution < 1.29 is 9.47 Å². The summed E-state index contributed by atoms with van der Waals surface area (Å²) in [5.41, 5.74) is 1.06. The third-order valence-electron chi connectivity index (χ3n) is 2.83. The summed E-state index contributed by atoms with van der Waals surface area (Å²) in [4.78, 5) is 4.18. The lowest BCUT2D eigenvalue weighted by molar-refractivity contribution is 0.284. The van der Waals surface area contributed by atoms with Gasteiger partial charge in [0.1, 0.15) is 11.6 Å². The minimum atomic E-state index is 0.386. The monoisotopic (exact) mass is 326 g/mol. The number of nitrogens with one attached hydrogen (secondary N) is 1. The van der Waals surface area contributed by atoms with Crippen LogP contribution in [-0.2, 0) is 13.2 Å². The molecule has 0 radical (unpaired) electrons. The average Bonchev–Trinajstić information content (AvgIpc) is 2.96. The smallest absolute Gasteiger partial charge is 0.180 e. The van der Waals surface area contributed by atoms with Gasteiger partial charge in [-0.15, -0.1) is 11.3 Å². The van der Waals surface area contributed by atoms with E-state index in [-0.39, 0.29) is 0 Å². The molecular formula is C15H19ClN2O2S. The normalized spacial score (nSPS) is 10.9. The van der Waals surface area contributed by atoms with Crippen molar-refractivity contribution in [3.63, 3.8) is 0 Å². The van der Waals surface area contributed by atoms with Gasteiger partial charge in [-0.3, -0.25) is 0 Å². The molecule has 6 heteroatoms. The summed E-state index contributed by atoms with van der Waals surface area (Å²) in [6.45, 7) is 5.33. The summed E-state index contributed by atoms with van der Waals surface area (Å²) in [6.07, 6.45) is 1.75. The molecule has 1 heterocycles. The standard InChI is InChI=1S/C15H19ClN2O2S/c1-10(2)18-8-11-6-12(16)15(13(7-11)19-3)20-9-14-17-4-5-21-14/h4-7,10,18H,8-9H2,1-3H3. The molecule has 0 aliphatic heterocycles. The Morgan fingerprint density at radius 3 is 2.81 bits per heavy atom. The molecule has 0 saturated heterocycles. The van der Waals surface area contributed by atoms with Crippen molar-refractivity contribution in [2.24, 2.45) is 0 Å². The van der Waals surface area contributed by atoms with Crippen molar-refractivity contribution in [1.29, 1.82) is 0 Å². The highest BCUT2D eigenvalue weighted by molar-refractivity contribution is 7.09. The molecule has 0 fully saturated rings. The summed E-state index contributed by atoms with van der Waals surface area (Å²) in [5, 5.41) is 6.71. The van der Waals surface area contributed by atoms with Gasteiger partial charge in [0.25, 0.3) is 0 Å². The number of thiazole rings is 1. The quantitative estimate of drug-likeness (QED) is 0.838. The Kier molecular flexibility index (Phi) is 5.85. The number of hydrogen-bond donors (Lipinski definition) is 1.